The molecule has 12 heavy (non-hydrogen) atoms. The fourth-order valence-electron chi connectivity index (χ4n) is 0.666. The van der Waals surface area contributed by atoms with E-state index in [1.165, 1.54) is 0 Å². The normalized spacial score (nSPS) is 6.50. The van der Waals surface area contributed by atoms with E-state index in [2.05, 4.69) is 4.85 Å². The van der Waals surface area contributed by atoms with Gasteiger partial charge in [-0.05, 0) is 0 Å². The van der Waals surface area contributed by atoms with Crippen LogP contribution in [0.3, 0.4) is 0 Å². The molecule has 0 spiro atoms. The van der Waals surface area contributed by atoms with Crippen LogP contribution in [0.2, 0.25) is 0 Å². The Morgan fingerprint density at radius 3 is 2.25 bits per heavy atom. The molecule has 0 atom stereocenters. The summed E-state index contributed by atoms with van der Waals surface area (Å²) in [4.78, 5) is 3.17. The molecule has 0 radical (unpaired) electrons. The maximum atomic E-state index is 8.46. The Morgan fingerprint density at radius 1 is 1.25 bits per heavy atom. The quantitative estimate of drug-likeness (QED) is 0.600. The average molecular weight is 208 g/mol. The summed E-state index contributed by atoms with van der Waals surface area (Å²) in [5.41, 5.74) is 0.863. The van der Waals surface area contributed by atoms with E-state index in [4.69, 9.17) is 11.8 Å². The zero-order chi connectivity index (χ0) is 7.40. The molecule has 0 N–H and O–H groups in total. The van der Waals surface area contributed by atoms with Crippen molar-refractivity contribution in [2.75, 3.05) is 0 Å². The van der Waals surface area contributed by atoms with Gasteiger partial charge in [0.05, 0.1) is 18.2 Å². The van der Waals surface area contributed by atoms with Crippen molar-refractivity contribution < 1.29 is 75.5 Å². The van der Waals surface area contributed by atoms with Gasteiger partial charge in [-0.3, -0.25) is 0 Å². The molecule has 0 aliphatic rings. The van der Waals surface area contributed by atoms with Crippen LogP contribution in [-0.4, -0.2) is 0 Å². The van der Waals surface area contributed by atoms with Gasteiger partial charge in [-0.15, -0.1) is 0 Å². The van der Waals surface area contributed by atoms with Gasteiger partial charge >= 0.3 is 0 Å². The largest absolute Gasteiger partial charge is 0.237 e. The van der Waals surface area contributed by atoms with Gasteiger partial charge in [0.25, 0.3) is 0 Å². The van der Waals surface area contributed by atoms with Gasteiger partial charge < -0.3 is 0 Å². The monoisotopic (exact) mass is 208 g/mol. The van der Waals surface area contributed by atoms with Crippen molar-refractivity contribution >= 4 is 5.69 Å². The Morgan fingerprint density at radius 2 is 1.83 bits per heavy atom. The summed E-state index contributed by atoms with van der Waals surface area (Å²) in [5.74, 6) is 0. The summed E-state index contributed by atoms with van der Waals surface area (Å²) in [6.45, 7) is 6.66. The van der Waals surface area contributed by atoms with Crippen LogP contribution in [0.15, 0.2) is 24.3 Å². The molecule has 0 unspecified atom stereocenters. The zero-order valence-electron chi connectivity index (χ0n) is 5.91. The summed E-state index contributed by atoms with van der Waals surface area (Å²) < 4.78 is 0. The van der Waals surface area contributed by atoms with Crippen molar-refractivity contribution in [1.29, 1.82) is 5.26 Å². The number of nitrogens with zero attached hydrogens (tertiary/aromatic N) is 2. The summed E-state index contributed by atoms with van der Waals surface area (Å²) in [6.07, 6.45) is 0. The van der Waals surface area contributed by atoms with Gasteiger partial charge in [0.15, 0.2) is 0 Å². The van der Waals surface area contributed by atoms with Gasteiger partial charge in [-0.2, -0.15) is 5.26 Å². The molecule has 1 aromatic rings. The molecule has 0 fully saturated rings. The number of nitriles is 1. The predicted molar refractivity (Wildman–Crippen MR) is 37.4 cm³/mol. The molecule has 0 aliphatic heterocycles. The number of hydrogen-bond acceptors (Lipinski definition) is 1. The Balaban J connectivity index is 0. The molecule has 4 heteroatoms. The molecule has 0 bridgehead atoms. The van der Waals surface area contributed by atoms with E-state index in [0.717, 1.165) is 0 Å². The molecule has 0 saturated carbocycles. The fourth-order valence-corrected chi connectivity index (χ4v) is 0.666. The second-order valence-electron chi connectivity index (χ2n) is 1.74. The van der Waals surface area contributed by atoms with Gasteiger partial charge in [-0.25, -0.2) is 4.85 Å². The van der Waals surface area contributed by atoms with Crippen LogP contribution in [0.1, 0.15) is 5.56 Å². The van der Waals surface area contributed by atoms with Crippen LogP contribution in [0.5, 0.6) is 0 Å². The Hall–Kier alpha value is 0.719. The van der Waals surface area contributed by atoms with Crippen LogP contribution in [0.25, 0.3) is 4.85 Å². The molecule has 0 aliphatic carbocycles. The SMILES string of the molecule is [Ar].[Ar].[C-]#[N+]c1ccccc1C#N. The predicted octanol–water partition coefficient (Wildman–Crippen LogP) is 2.11. The first-order valence-electron chi connectivity index (χ1n) is 2.75. The first kappa shape index (κ1) is 15.2. The maximum Gasteiger partial charge on any atom is 0.204 e. The Bertz CT molecular complexity index is 290. The van der Waals surface area contributed by atoms with E-state index in [1.807, 2.05) is 6.07 Å². The van der Waals surface area contributed by atoms with Gasteiger partial charge in [0, 0.05) is 75.5 Å². The van der Waals surface area contributed by atoms with E-state index >= 15 is 0 Å². The first-order chi connectivity index (χ1) is 4.88. The molecule has 62 valence electrons. The first-order valence-corrected chi connectivity index (χ1v) is 2.75. The third kappa shape index (κ3) is 4.10. The van der Waals surface area contributed by atoms with Crippen LogP contribution in [-0.2, 0) is 0 Å². The van der Waals surface area contributed by atoms with E-state index in [1.54, 1.807) is 24.3 Å². The smallest absolute Gasteiger partial charge is 0.204 e. The van der Waals surface area contributed by atoms with Crippen molar-refractivity contribution in [3.63, 3.8) is 0 Å². The molecule has 1 rings (SSSR count). The fraction of sp³-hybridized carbons (Fsp3) is 0. The third-order valence-electron chi connectivity index (χ3n) is 1.14. The minimum atomic E-state index is 0. The molecule has 0 amide bonds. The molecule has 0 aromatic heterocycles. The van der Waals surface area contributed by atoms with Crippen LogP contribution < -0.4 is 0 Å². The van der Waals surface area contributed by atoms with E-state index in [0.29, 0.717) is 11.3 Å². The molecule has 1 aromatic carbocycles. The van der Waals surface area contributed by atoms with Crippen LogP contribution >= 0.6 is 0 Å². The molecule has 0 saturated heterocycles. The van der Waals surface area contributed by atoms with Crippen LogP contribution in [0, 0.1) is 93.4 Å². The minimum Gasteiger partial charge on any atom is -0.237 e. The summed E-state index contributed by atoms with van der Waals surface area (Å²) in [5, 5.41) is 8.46. The maximum absolute atomic E-state index is 8.46. The molecular formula is C8H4Ar2N2. The number of benzene rings is 1. The van der Waals surface area contributed by atoms with Crippen molar-refractivity contribution in [2.24, 2.45) is 0 Å². The van der Waals surface area contributed by atoms with Crippen molar-refractivity contribution in [2.45, 2.75) is 0 Å². The number of para-hydroxylation sites is 1. The zero-order valence-corrected chi connectivity index (χ0v) is 7.33. The molecule has 0 heterocycles. The molecular weight excluding hydrogens is 204 g/mol. The van der Waals surface area contributed by atoms with Crippen molar-refractivity contribution in [1.82, 2.24) is 0 Å². The summed E-state index contributed by atoms with van der Waals surface area (Å²) >= 11 is 0. The Kier molecular flexibility index (Phi) is 10.5. The topological polar surface area (TPSA) is 28.1 Å². The van der Waals surface area contributed by atoms with Gasteiger partial charge in [0.1, 0.15) is 0 Å². The second-order valence-corrected chi connectivity index (χ2v) is 1.74. The van der Waals surface area contributed by atoms with Crippen molar-refractivity contribution in [3.8, 4) is 6.07 Å². The van der Waals surface area contributed by atoms with E-state index in [-0.39, 0.29) is 75.5 Å². The second kappa shape index (κ2) is 8.32. The van der Waals surface area contributed by atoms with Gasteiger partial charge in [-0.1, -0.05) is 24.3 Å². The summed E-state index contributed by atoms with van der Waals surface area (Å²) in [6, 6.07) is 8.68. The minimum absolute atomic E-state index is 0. The van der Waals surface area contributed by atoms with E-state index in [9.17, 15) is 0 Å². The Labute approximate surface area is 131 Å². The third-order valence-corrected chi connectivity index (χ3v) is 1.14. The molecule has 2 nitrogen and oxygen atoms in total. The van der Waals surface area contributed by atoms with Crippen molar-refractivity contribution in [3.05, 3.63) is 41.2 Å². The number of rotatable bonds is 0. The average Bonchev–Trinajstić information content (AvgIpc) is 2.04. The van der Waals surface area contributed by atoms with E-state index < -0.39 is 0 Å². The summed E-state index contributed by atoms with van der Waals surface area (Å²) in [7, 11) is 0. The van der Waals surface area contributed by atoms with Gasteiger partial charge in [0.2, 0.25) is 5.69 Å². The van der Waals surface area contributed by atoms with Crippen LogP contribution in [0.4, 0.5) is 5.69 Å². The standard InChI is InChI=1S/C8H4N2.2Ar/c1-10-8-5-3-2-4-7(8)6-9;;/h2-5H;;. The number of hydrogen-bond donors (Lipinski definition) is 0.